The number of aryl methyl sites for hydroxylation is 1. The second kappa shape index (κ2) is 10.3. The average Bonchev–Trinajstić information content (AvgIpc) is 3.29. The van der Waals surface area contributed by atoms with Crippen molar-refractivity contribution in [2.45, 2.75) is 72.1 Å². The third kappa shape index (κ3) is 5.63. The van der Waals surface area contributed by atoms with Crippen LogP contribution < -0.4 is 5.56 Å². The molecule has 8 heteroatoms. The van der Waals surface area contributed by atoms with E-state index in [0.29, 0.717) is 23.7 Å². The Kier molecular flexibility index (Phi) is 7.38. The normalized spacial score (nSPS) is 13.0. The molecule has 1 atom stereocenters. The van der Waals surface area contributed by atoms with Crippen molar-refractivity contribution in [3.8, 4) is 0 Å². The molecule has 0 aliphatic carbocycles. The van der Waals surface area contributed by atoms with Crippen LogP contribution in [0.3, 0.4) is 0 Å². The molecule has 0 bridgehead atoms. The van der Waals surface area contributed by atoms with Gasteiger partial charge in [-0.05, 0) is 79.8 Å². The Hall–Kier alpha value is -3.03. The Bertz CT molecular complexity index is 1370. The second-order valence-corrected chi connectivity index (χ2v) is 10.5. The molecule has 0 saturated carbocycles. The smallest absolute Gasteiger partial charge is 0.252 e. The number of halogens is 1. The van der Waals surface area contributed by atoms with E-state index in [1.165, 1.54) is 0 Å². The molecule has 184 valence electrons. The molecule has 2 aromatic heterocycles. The summed E-state index contributed by atoms with van der Waals surface area (Å²) in [6.07, 6.45) is 1.78. The summed E-state index contributed by atoms with van der Waals surface area (Å²) in [6, 6.07) is 15.8. The van der Waals surface area contributed by atoms with E-state index in [1.54, 1.807) is 0 Å². The number of hydrogen-bond donors (Lipinski definition) is 1. The molecule has 0 saturated heterocycles. The minimum absolute atomic E-state index is 0.0869. The highest BCUT2D eigenvalue weighted by Crippen LogP contribution is 2.31. The molecule has 1 N–H and O–H groups in total. The van der Waals surface area contributed by atoms with Crippen LogP contribution in [-0.4, -0.2) is 30.1 Å². The van der Waals surface area contributed by atoms with Gasteiger partial charge in [0, 0.05) is 29.2 Å². The SMILES string of the molecule is CCC[C@H](c1nnnn1C(C)(C)C)N(Cc1ccccc1Cl)Cc1cc2cc(C)ccc2[nH]c1=O. The van der Waals surface area contributed by atoms with Crippen LogP contribution in [-0.2, 0) is 18.6 Å². The van der Waals surface area contributed by atoms with E-state index in [9.17, 15) is 4.79 Å². The van der Waals surface area contributed by atoms with Gasteiger partial charge in [-0.25, -0.2) is 4.68 Å². The predicted molar refractivity (Wildman–Crippen MR) is 140 cm³/mol. The number of H-pyrrole nitrogens is 1. The maximum Gasteiger partial charge on any atom is 0.252 e. The van der Waals surface area contributed by atoms with Gasteiger partial charge in [-0.3, -0.25) is 9.69 Å². The summed E-state index contributed by atoms with van der Waals surface area (Å²) in [5, 5.41) is 14.5. The molecule has 0 unspecified atom stereocenters. The number of rotatable bonds is 8. The first-order chi connectivity index (χ1) is 16.7. The zero-order valence-electron chi connectivity index (χ0n) is 21.0. The molecule has 2 heterocycles. The Morgan fingerprint density at radius 2 is 1.83 bits per heavy atom. The van der Waals surface area contributed by atoms with E-state index in [4.69, 9.17) is 11.6 Å². The van der Waals surface area contributed by atoms with E-state index < -0.39 is 0 Å². The van der Waals surface area contributed by atoms with Crippen LogP contribution in [0.4, 0.5) is 0 Å². The molecule has 0 amide bonds. The third-order valence-electron chi connectivity index (χ3n) is 6.21. The molecule has 0 radical (unpaired) electrons. The highest BCUT2D eigenvalue weighted by atomic mass is 35.5. The lowest BCUT2D eigenvalue weighted by Crippen LogP contribution is -2.35. The molecule has 0 aliphatic heterocycles. The van der Waals surface area contributed by atoms with Crippen molar-refractivity contribution in [2.24, 2.45) is 0 Å². The Morgan fingerprint density at radius 3 is 2.54 bits per heavy atom. The number of benzene rings is 2. The number of hydrogen-bond acceptors (Lipinski definition) is 5. The maximum absolute atomic E-state index is 13.1. The van der Waals surface area contributed by atoms with Gasteiger partial charge in [0.05, 0.1) is 11.6 Å². The molecular formula is C27H33ClN6O. The predicted octanol–water partition coefficient (Wildman–Crippen LogP) is 5.78. The van der Waals surface area contributed by atoms with Crippen molar-refractivity contribution in [2.75, 3.05) is 0 Å². The summed E-state index contributed by atoms with van der Waals surface area (Å²) in [6.45, 7) is 11.5. The quantitative estimate of drug-likeness (QED) is 0.337. The number of pyridine rings is 1. The Morgan fingerprint density at radius 1 is 1.09 bits per heavy atom. The lowest BCUT2D eigenvalue weighted by molar-refractivity contribution is 0.148. The van der Waals surface area contributed by atoms with Crippen LogP contribution >= 0.6 is 11.6 Å². The largest absolute Gasteiger partial charge is 0.322 e. The highest BCUT2D eigenvalue weighted by Gasteiger charge is 2.30. The summed E-state index contributed by atoms with van der Waals surface area (Å²) in [4.78, 5) is 18.4. The van der Waals surface area contributed by atoms with Crippen LogP contribution in [0.2, 0.25) is 5.02 Å². The summed E-state index contributed by atoms with van der Waals surface area (Å²) >= 11 is 6.57. The van der Waals surface area contributed by atoms with Crippen molar-refractivity contribution in [3.05, 3.63) is 86.4 Å². The van der Waals surface area contributed by atoms with Gasteiger partial charge in [0.15, 0.2) is 5.82 Å². The van der Waals surface area contributed by atoms with Crippen LogP contribution in [0.1, 0.15) is 69.1 Å². The summed E-state index contributed by atoms with van der Waals surface area (Å²) in [5.74, 6) is 0.791. The van der Waals surface area contributed by atoms with Crippen molar-refractivity contribution >= 4 is 22.5 Å². The molecule has 0 spiro atoms. The molecule has 0 aliphatic rings. The van der Waals surface area contributed by atoms with Crippen LogP contribution in [0.15, 0.2) is 53.3 Å². The van der Waals surface area contributed by atoms with Gasteiger partial charge in [0.2, 0.25) is 0 Å². The topological polar surface area (TPSA) is 79.7 Å². The maximum atomic E-state index is 13.1. The van der Waals surface area contributed by atoms with Gasteiger partial charge in [0.1, 0.15) is 0 Å². The Balaban J connectivity index is 1.81. The summed E-state index contributed by atoms with van der Waals surface area (Å²) in [7, 11) is 0. The monoisotopic (exact) mass is 492 g/mol. The zero-order valence-corrected chi connectivity index (χ0v) is 21.8. The van der Waals surface area contributed by atoms with Crippen molar-refractivity contribution in [1.29, 1.82) is 0 Å². The molecular weight excluding hydrogens is 460 g/mol. The van der Waals surface area contributed by atoms with Crippen LogP contribution in [0.25, 0.3) is 10.9 Å². The van der Waals surface area contributed by atoms with Gasteiger partial charge in [-0.1, -0.05) is 54.8 Å². The average molecular weight is 493 g/mol. The third-order valence-corrected chi connectivity index (χ3v) is 6.58. The summed E-state index contributed by atoms with van der Waals surface area (Å²) < 4.78 is 1.89. The molecule has 2 aromatic carbocycles. The van der Waals surface area contributed by atoms with Gasteiger partial charge in [-0.2, -0.15) is 0 Å². The van der Waals surface area contributed by atoms with Crippen molar-refractivity contribution < 1.29 is 0 Å². The van der Waals surface area contributed by atoms with E-state index in [1.807, 2.05) is 47.1 Å². The highest BCUT2D eigenvalue weighted by molar-refractivity contribution is 6.31. The lowest BCUT2D eigenvalue weighted by atomic mass is 10.0. The van der Waals surface area contributed by atoms with E-state index in [2.05, 4.69) is 66.1 Å². The van der Waals surface area contributed by atoms with E-state index >= 15 is 0 Å². The van der Waals surface area contributed by atoms with Gasteiger partial charge < -0.3 is 4.98 Å². The van der Waals surface area contributed by atoms with Gasteiger partial charge >= 0.3 is 0 Å². The molecule has 4 rings (SSSR count). The fraction of sp³-hybridized carbons (Fsp3) is 0.407. The van der Waals surface area contributed by atoms with Gasteiger partial charge in [0.25, 0.3) is 5.56 Å². The zero-order chi connectivity index (χ0) is 25.2. The molecule has 4 aromatic rings. The van der Waals surface area contributed by atoms with Gasteiger partial charge in [-0.15, -0.1) is 5.10 Å². The number of nitrogens with one attached hydrogen (secondary N) is 1. The fourth-order valence-electron chi connectivity index (χ4n) is 4.46. The van der Waals surface area contributed by atoms with E-state index in [-0.39, 0.29) is 17.1 Å². The van der Waals surface area contributed by atoms with Crippen molar-refractivity contribution in [1.82, 2.24) is 30.1 Å². The number of aromatic amines is 1. The van der Waals surface area contributed by atoms with Crippen LogP contribution in [0.5, 0.6) is 0 Å². The number of tetrazole rings is 1. The minimum Gasteiger partial charge on any atom is -0.322 e. The molecule has 0 fully saturated rings. The fourth-order valence-corrected chi connectivity index (χ4v) is 4.65. The molecule has 7 nitrogen and oxygen atoms in total. The molecule has 35 heavy (non-hydrogen) atoms. The Labute approximate surface area is 211 Å². The van der Waals surface area contributed by atoms with E-state index in [0.717, 1.165) is 40.7 Å². The number of aromatic nitrogens is 5. The van der Waals surface area contributed by atoms with Crippen molar-refractivity contribution in [3.63, 3.8) is 0 Å². The number of fused-ring (bicyclic) bond motifs is 1. The second-order valence-electron chi connectivity index (χ2n) is 10.1. The number of nitrogens with zero attached hydrogens (tertiary/aromatic N) is 5. The first-order valence-corrected chi connectivity index (χ1v) is 12.4. The minimum atomic E-state index is -0.279. The van der Waals surface area contributed by atoms with Crippen LogP contribution in [0, 0.1) is 6.92 Å². The first-order valence-electron chi connectivity index (χ1n) is 12.1. The lowest BCUT2D eigenvalue weighted by Gasteiger charge is -2.33. The first kappa shape index (κ1) is 25.1. The standard InChI is InChI=1S/C27H33ClN6O/c1-6-9-24(25-30-31-32-34(25)27(3,4)5)33(16-19-10-7-8-11-22(19)28)17-21-15-20-14-18(2)12-13-23(20)29-26(21)35/h7-8,10-15,24H,6,9,16-17H2,1-5H3,(H,29,35)/t24-/m1/s1. The summed E-state index contributed by atoms with van der Waals surface area (Å²) in [5.41, 5.74) is 3.32.